The zero-order valence-corrected chi connectivity index (χ0v) is 10.7. The van der Waals surface area contributed by atoms with Crippen molar-refractivity contribution in [2.24, 2.45) is 0 Å². The molecule has 2 aromatic rings. The average Bonchev–Trinajstić information content (AvgIpc) is 2.39. The molecule has 3 N–H and O–H groups in total. The molecule has 0 saturated carbocycles. The summed E-state index contributed by atoms with van der Waals surface area (Å²) in [5.41, 5.74) is 1.15. The van der Waals surface area contributed by atoms with E-state index in [2.05, 4.69) is 5.32 Å². The van der Waals surface area contributed by atoms with Crippen molar-refractivity contribution in [2.45, 2.75) is 6.54 Å². The summed E-state index contributed by atoms with van der Waals surface area (Å²) in [5, 5.41) is 21.4. The van der Waals surface area contributed by atoms with E-state index in [1.54, 1.807) is 24.3 Å². The van der Waals surface area contributed by atoms with Gasteiger partial charge in [0.1, 0.15) is 11.5 Å². The molecule has 0 aliphatic rings. The van der Waals surface area contributed by atoms with Gasteiger partial charge in [-0.25, -0.2) is 0 Å². The lowest BCUT2D eigenvalue weighted by molar-refractivity contribution is 0.0951. The lowest BCUT2D eigenvalue weighted by atomic mass is 10.2. The highest BCUT2D eigenvalue weighted by Gasteiger charge is 2.08. The van der Waals surface area contributed by atoms with E-state index in [4.69, 9.17) is 11.6 Å². The Morgan fingerprint density at radius 2 is 1.95 bits per heavy atom. The van der Waals surface area contributed by atoms with E-state index in [1.807, 2.05) is 0 Å². The molecule has 0 aliphatic carbocycles. The van der Waals surface area contributed by atoms with Crippen molar-refractivity contribution in [1.29, 1.82) is 0 Å². The fourth-order valence-electron chi connectivity index (χ4n) is 1.60. The zero-order chi connectivity index (χ0) is 13.8. The lowest BCUT2D eigenvalue weighted by Crippen LogP contribution is -2.22. The first-order valence-electron chi connectivity index (χ1n) is 5.61. The van der Waals surface area contributed by atoms with E-state index in [0.29, 0.717) is 12.1 Å². The lowest BCUT2D eigenvalue weighted by Gasteiger charge is -2.06. The molecular weight excluding hydrogens is 266 g/mol. The molecule has 98 valence electrons. The Bertz CT molecular complexity index is 613. The molecular formula is C14H12ClNO3. The van der Waals surface area contributed by atoms with Crippen LogP contribution in [0.3, 0.4) is 0 Å². The number of amides is 1. The van der Waals surface area contributed by atoms with E-state index in [-0.39, 0.29) is 22.4 Å². The van der Waals surface area contributed by atoms with Crippen molar-refractivity contribution in [1.82, 2.24) is 5.32 Å². The second-order valence-corrected chi connectivity index (χ2v) is 4.43. The Morgan fingerprint density at radius 3 is 2.63 bits per heavy atom. The highest BCUT2D eigenvalue weighted by molar-refractivity contribution is 6.32. The molecule has 0 heterocycles. The largest absolute Gasteiger partial charge is 0.508 e. The minimum Gasteiger partial charge on any atom is -0.508 e. The van der Waals surface area contributed by atoms with Crippen molar-refractivity contribution in [3.05, 3.63) is 58.6 Å². The monoisotopic (exact) mass is 277 g/mol. The van der Waals surface area contributed by atoms with Gasteiger partial charge in [0.25, 0.3) is 5.91 Å². The third-order valence-electron chi connectivity index (χ3n) is 2.57. The predicted molar refractivity (Wildman–Crippen MR) is 72.4 cm³/mol. The maximum atomic E-state index is 11.9. The second kappa shape index (κ2) is 5.63. The van der Waals surface area contributed by atoms with Gasteiger partial charge >= 0.3 is 0 Å². The van der Waals surface area contributed by atoms with E-state index < -0.39 is 0 Å². The highest BCUT2D eigenvalue weighted by atomic mass is 35.5. The number of carbonyl (C=O) groups excluding carboxylic acids is 1. The first-order chi connectivity index (χ1) is 9.06. The molecule has 19 heavy (non-hydrogen) atoms. The van der Waals surface area contributed by atoms with Crippen molar-refractivity contribution in [2.75, 3.05) is 0 Å². The van der Waals surface area contributed by atoms with Crippen LogP contribution in [-0.2, 0) is 6.54 Å². The number of halogens is 1. The van der Waals surface area contributed by atoms with E-state index >= 15 is 0 Å². The predicted octanol–water partition coefficient (Wildman–Crippen LogP) is 2.68. The van der Waals surface area contributed by atoms with Crippen molar-refractivity contribution in [3.8, 4) is 11.5 Å². The molecule has 0 spiro atoms. The van der Waals surface area contributed by atoms with Crippen molar-refractivity contribution in [3.63, 3.8) is 0 Å². The number of nitrogens with one attached hydrogen (secondary N) is 1. The quantitative estimate of drug-likeness (QED) is 0.808. The Hall–Kier alpha value is -2.20. The number of aromatic hydroxyl groups is 2. The Kier molecular flexibility index (Phi) is 3.92. The molecule has 5 heteroatoms. The second-order valence-electron chi connectivity index (χ2n) is 4.02. The Balaban J connectivity index is 2.03. The van der Waals surface area contributed by atoms with Crippen molar-refractivity contribution < 1.29 is 15.0 Å². The molecule has 2 rings (SSSR count). The molecule has 0 aromatic heterocycles. The Labute approximate surface area is 115 Å². The third kappa shape index (κ3) is 3.39. The number of carbonyl (C=O) groups is 1. The summed E-state index contributed by atoms with van der Waals surface area (Å²) in [6.45, 7) is 0.297. The fourth-order valence-corrected chi connectivity index (χ4v) is 1.78. The third-order valence-corrected chi connectivity index (χ3v) is 2.88. The van der Waals surface area contributed by atoms with Crippen LogP contribution in [0.5, 0.6) is 11.5 Å². The van der Waals surface area contributed by atoms with E-state index in [9.17, 15) is 15.0 Å². The van der Waals surface area contributed by atoms with Crippen LogP contribution in [0.4, 0.5) is 0 Å². The summed E-state index contributed by atoms with van der Waals surface area (Å²) in [6.07, 6.45) is 0. The van der Waals surface area contributed by atoms with Gasteiger partial charge in [-0.05, 0) is 35.9 Å². The number of phenolic OH excluding ortho intramolecular Hbond substituents is 2. The van der Waals surface area contributed by atoms with Crippen LogP contribution in [0.25, 0.3) is 0 Å². The normalized spacial score (nSPS) is 10.2. The molecule has 0 bridgehead atoms. The summed E-state index contributed by atoms with van der Waals surface area (Å²) in [4.78, 5) is 11.9. The molecule has 0 unspecified atom stereocenters. The topological polar surface area (TPSA) is 69.6 Å². The Morgan fingerprint density at radius 1 is 1.16 bits per heavy atom. The fraction of sp³-hybridized carbons (Fsp3) is 0.0714. The van der Waals surface area contributed by atoms with Gasteiger partial charge in [0.2, 0.25) is 0 Å². The SMILES string of the molecule is O=C(NCc1cccc(O)c1)c1ccc(O)c(Cl)c1. The van der Waals surface area contributed by atoms with Crippen molar-refractivity contribution >= 4 is 17.5 Å². The highest BCUT2D eigenvalue weighted by Crippen LogP contribution is 2.23. The molecule has 4 nitrogen and oxygen atoms in total. The number of hydrogen-bond donors (Lipinski definition) is 3. The van der Waals surface area contributed by atoms with Crippen LogP contribution in [0.15, 0.2) is 42.5 Å². The molecule has 0 fully saturated rings. The molecule has 0 radical (unpaired) electrons. The smallest absolute Gasteiger partial charge is 0.251 e. The zero-order valence-electron chi connectivity index (χ0n) is 9.93. The van der Waals surface area contributed by atoms with Crippen LogP contribution >= 0.6 is 11.6 Å². The van der Waals surface area contributed by atoms with Crippen LogP contribution in [-0.4, -0.2) is 16.1 Å². The molecule has 0 saturated heterocycles. The minimum absolute atomic E-state index is 0.0637. The average molecular weight is 278 g/mol. The van der Waals surface area contributed by atoms with Crippen LogP contribution < -0.4 is 5.32 Å². The molecule has 1 amide bonds. The van der Waals surface area contributed by atoms with Gasteiger partial charge in [0.15, 0.2) is 0 Å². The van der Waals surface area contributed by atoms with Gasteiger partial charge in [0.05, 0.1) is 5.02 Å². The number of rotatable bonds is 3. The van der Waals surface area contributed by atoms with Gasteiger partial charge in [-0.1, -0.05) is 23.7 Å². The minimum atomic E-state index is -0.301. The van der Waals surface area contributed by atoms with Gasteiger partial charge in [0, 0.05) is 12.1 Å². The van der Waals surface area contributed by atoms with E-state index in [0.717, 1.165) is 5.56 Å². The maximum Gasteiger partial charge on any atom is 0.251 e. The summed E-state index contributed by atoms with van der Waals surface area (Å²) in [6, 6.07) is 10.9. The summed E-state index contributed by atoms with van der Waals surface area (Å²) in [5.74, 6) is -0.212. The number of benzene rings is 2. The van der Waals surface area contributed by atoms with Crippen LogP contribution in [0.2, 0.25) is 5.02 Å². The molecule has 0 aliphatic heterocycles. The van der Waals surface area contributed by atoms with Gasteiger partial charge < -0.3 is 15.5 Å². The number of phenols is 2. The van der Waals surface area contributed by atoms with Crippen LogP contribution in [0.1, 0.15) is 15.9 Å². The molecule has 0 atom stereocenters. The summed E-state index contributed by atoms with van der Waals surface area (Å²) >= 11 is 5.73. The first-order valence-corrected chi connectivity index (χ1v) is 5.98. The van der Waals surface area contributed by atoms with Crippen LogP contribution in [0, 0.1) is 0 Å². The standard InChI is InChI=1S/C14H12ClNO3/c15-12-7-10(4-5-13(12)18)14(19)16-8-9-2-1-3-11(17)6-9/h1-7,17-18H,8H2,(H,16,19). The summed E-state index contributed by atoms with van der Waals surface area (Å²) < 4.78 is 0. The van der Waals surface area contributed by atoms with Gasteiger partial charge in [-0.15, -0.1) is 0 Å². The van der Waals surface area contributed by atoms with E-state index in [1.165, 1.54) is 18.2 Å². The van der Waals surface area contributed by atoms with Gasteiger partial charge in [-0.2, -0.15) is 0 Å². The summed E-state index contributed by atoms with van der Waals surface area (Å²) in [7, 11) is 0. The van der Waals surface area contributed by atoms with Gasteiger partial charge in [-0.3, -0.25) is 4.79 Å². The number of hydrogen-bond acceptors (Lipinski definition) is 3. The molecule has 2 aromatic carbocycles. The maximum absolute atomic E-state index is 11.9. The first kappa shape index (κ1) is 13.2.